The maximum absolute atomic E-state index is 8.98. The average Bonchev–Trinajstić information content (AvgIpc) is 2.23. The number of fused-ring (bicyclic) bond motifs is 1. The maximum atomic E-state index is 8.98. The Bertz CT molecular complexity index is 306. The first kappa shape index (κ1) is 9.72. The summed E-state index contributed by atoms with van der Waals surface area (Å²) in [7, 11) is 0. The first-order valence-electron chi connectivity index (χ1n) is 5.51. The van der Waals surface area contributed by atoms with Gasteiger partial charge in [0, 0.05) is 6.61 Å². The molecule has 1 nitrogen and oxygen atoms in total. The van der Waals surface area contributed by atoms with Crippen LogP contribution in [0.2, 0.25) is 0 Å². The van der Waals surface area contributed by atoms with Crippen molar-refractivity contribution >= 4 is 0 Å². The number of aryl methyl sites for hydroxylation is 1. The second kappa shape index (κ2) is 4.14. The minimum absolute atomic E-state index is 0.331. The lowest BCUT2D eigenvalue weighted by molar-refractivity contribution is 0.234. The van der Waals surface area contributed by atoms with Gasteiger partial charge in [-0.25, -0.2) is 0 Å². The van der Waals surface area contributed by atoms with Crippen LogP contribution in [0.1, 0.15) is 36.8 Å². The molecule has 1 heteroatoms. The lowest BCUT2D eigenvalue weighted by Gasteiger charge is -2.30. The molecule has 0 saturated heterocycles. The monoisotopic (exact) mass is 190 g/mol. The van der Waals surface area contributed by atoms with Crippen LogP contribution >= 0.6 is 0 Å². The summed E-state index contributed by atoms with van der Waals surface area (Å²) in [5.74, 6) is 1.29. The van der Waals surface area contributed by atoms with Crippen LogP contribution in [0, 0.1) is 5.92 Å². The first-order chi connectivity index (χ1) is 6.83. The molecular formula is C13H18O. The standard InChI is InChI=1S/C13H18O/c1-10-11(8-9-14)6-7-12-4-2-3-5-13(10)12/h2-5,10-11,14H,6-9H2,1H3/t10-,11+/m1/s1. The third-order valence-corrected chi connectivity index (χ3v) is 3.54. The molecule has 0 spiro atoms. The fourth-order valence-corrected chi connectivity index (χ4v) is 2.61. The molecule has 76 valence electrons. The molecule has 0 aromatic heterocycles. The van der Waals surface area contributed by atoms with E-state index in [-0.39, 0.29) is 0 Å². The van der Waals surface area contributed by atoms with Crippen LogP contribution in [-0.4, -0.2) is 11.7 Å². The minimum atomic E-state index is 0.331. The quantitative estimate of drug-likeness (QED) is 0.760. The smallest absolute Gasteiger partial charge is 0.0433 e. The molecule has 1 aliphatic rings. The van der Waals surface area contributed by atoms with Gasteiger partial charge < -0.3 is 5.11 Å². The summed E-state index contributed by atoms with van der Waals surface area (Å²) in [6.45, 7) is 2.62. The molecule has 2 rings (SSSR count). The summed E-state index contributed by atoms with van der Waals surface area (Å²) in [6, 6.07) is 8.72. The molecule has 2 atom stereocenters. The Kier molecular flexibility index (Phi) is 2.87. The molecule has 0 radical (unpaired) electrons. The molecule has 0 bridgehead atoms. The third kappa shape index (κ3) is 1.69. The van der Waals surface area contributed by atoms with Crippen LogP contribution in [0.4, 0.5) is 0 Å². The Morgan fingerprint density at radius 1 is 1.36 bits per heavy atom. The molecule has 0 aliphatic heterocycles. The summed E-state index contributed by atoms with van der Waals surface area (Å²) in [5.41, 5.74) is 3.01. The van der Waals surface area contributed by atoms with Crippen LogP contribution in [0.25, 0.3) is 0 Å². The Morgan fingerprint density at radius 3 is 2.93 bits per heavy atom. The Labute approximate surface area is 85.8 Å². The number of aliphatic hydroxyl groups excluding tert-OH is 1. The van der Waals surface area contributed by atoms with Gasteiger partial charge in [-0.2, -0.15) is 0 Å². The van der Waals surface area contributed by atoms with Gasteiger partial charge in [0.2, 0.25) is 0 Å². The predicted molar refractivity (Wildman–Crippen MR) is 58.4 cm³/mol. The number of rotatable bonds is 2. The number of aliphatic hydroxyl groups is 1. The molecule has 1 aliphatic carbocycles. The lowest BCUT2D eigenvalue weighted by Crippen LogP contribution is -2.19. The zero-order valence-corrected chi connectivity index (χ0v) is 8.74. The summed E-state index contributed by atoms with van der Waals surface area (Å²) in [4.78, 5) is 0. The molecule has 0 amide bonds. The highest BCUT2D eigenvalue weighted by molar-refractivity contribution is 5.32. The fraction of sp³-hybridized carbons (Fsp3) is 0.538. The highest BCUT2D eigenvalue weighted by Gasteiger charge is 2.24. The normalized spacial score (nSPS) is 25.9. The van der Waals surface area contributed by atoms with Gasteiger partial charge in [0.25, 0.3) is 0 Å². The predicted octanol–water partition coefficient (Wildman–Crippen LogP) is 2.73. The van der Waals surface area contributed by atoms with Crippen molar-refractivity contribution in [3.63, 3.8) is 0 Å². The van der Waals surface area contributed by atoms with Crippen molar-refractivity contribution in [3.05, 3.63) is 35.4 Å². The van der Waals surface area contributed by atoms with Crippen molar-refractivity contribution < 1.29 is 5.11 Å². The van der Waals surface area contributed by atoms with Gasteiger partial charge in [-0.1, -0.05) is 31.2 Å². The SMILES string of the molecule is C[C@H]1c2ccccc2CC[C@H]1CCO. The maximum Gasteiger partial charge on any atom is 0.0433 e. The molecule has 0 fully saturated rings. The number of benzene rings is 1. The van der Waals surface area contributed by atoms with E-state index in [2.05, 4.69) is 31.2 Å². The van der Waals surface area contributed by atoms with E-state index < -0.39 is 0 Å². The van der Waals surface area contributed by atoms with Crippen LogP contribution in [-0.2, 0) is 6.42 Å². The van der Waals surface area contributed by atoms with Gasteiger partial charge in [-0.15, -0.1) is 0 Å². The van der Waals surface area contributed by atoms with E-state index in [4.69, 9.17) is 5.11 Å². The van der Waals surface area contributed by atoms with Crippen molar-refractivity contribution in [2.75, 3.05) is 6.61 Å². The Balaban J connectivity index is 2.22. The second-order valence-corrected chi connectivity index (χ2v) is 4.30. The molecule has 0 heterocycles. The zero-order valence-electron chi connectivity index (χ0n) is 8.74. The molecule has 0 saturated carbocycles. The van der Waals surface area contributed by atoms with Crippen LogP contribution in [0.5, 0.6) is 0 Å². The lowest BCUT2D eigenvalue weighted by atomic mass is 9.75. The van der Waals surface area contributed by atoms with E-state index in [9.17, 15) is 0 Å². The number of hydrogen-bond acceptors (Lipinski definition) is 1. The van der Waals surface area contributed by atoms with E-state index >= 15 is 0 Å². The van der Waals surface area contributed by atoms with Crippen molar-refractivity contribution in [1.29, 1.82) is 0 Å². The van der Waals surface area contributed by atoms with Gasteiger partial charge >= 0.3 is 0 Å². The second-order valence-electron chi connectivity index (χ2n) is 4.30. The molecular weight excluding hydrogens is 172 g/mol. The van der Waals surface area contributed by atoms with Crippen LogP contribution in [0.15, 0.2) is 24.3 Å². The van der Waals surface area contributed by atoms with Crippen LogP contribution in [0.3, 0.4) is 0 Å². The summed E-state index contributed by atoms with van der Waals surface area (Å²) < 4.78 is 0. The van der Waals surface area contributed by atoms with E-state index in [0.29, 0.717) is 18.4 Å². The minimum Gasteiger partial charge on any atom is -0.396 e. The summed E-state index contributed by atoms with van der Waals surface area (Å²) in [5, 5.41) is 8.98. The summed E-state index contributed by atoms with van der Waals surface area (Å²) >= 11 is 0. The van der Waals surface area contributed by atoms with Crippen molar-refractivity contribution in [1.82, 2.24) is 0 Å². The van der Waals surface area contributed by atoms with Crippen LogP contribution < -0.4 is 0 Å². The highest BCUT2D eigenvalue weighted by Crippen LogP contribution is 2.37. The van der Waals surface area contributed by atoms with Crippen molar-refractivity contribution in [3.8, 4) is 0 Å². The molecule has 1 aromatic rings. The van der Waals surface area contributed by atoms with Gasteiger partial charge in [0.1, 0.15) is 0 Å². The van der Waals surface area contributed by atoms with Gasteiger partial charge in [0.15, 0.2) is 0 Å². The van der Waals surface area contributed by atoms with E-state index in [0.717, 1.165) is 6.42 Å². The first-order valence-corrected chi connectivity index (χ1v) is 5.51. The van der Waals surface area contributed by atoms with E-state index in [1.165, 1.54) is 24.0 Å². The van der Waals surface area contributed by atoms with E-state index in [1.54, 1.807) is 0 Å². The number of hydrogen-bond donors (Lipinski definition) is 1. The third-order valence-electron chi connectivity index (χ3n) is 3.54. The fourth-order valence-electron chi connectivity index (χ4n) is 2.61. The van der Waals surface area contributed by atoms with Crippen molar-refractivity contribution in [2.45, 2.75) is 32.1 Å². The van der Waals surface area contributed by atoms with Gasteiger partial charge in [-0.3, -0.25) is 0 Å². The highest BCUT2D eigenvalue weighted by atomic mass is 16.3. The zero-order chi connectivity index (χ0) is 9.97. The topological polar surface area (TPSA) is 20.2 Å². The molecule has 0 unspecified atom stereocenters. The largest absolute Gasteiger partial charge is 0.396 e. The summed E-state index contributed by atoms with van der Waals surface area (Å²) in [6.07, 6.45) is 3.37. The molecule has 1 aromatic carbocycles. The Hall–Kier alpha value is -0.820. The average molecular weight is 190 g/mol. The Morgan fingerprint density at radius 2 is 2.14 bits per heavy atom. The van der Waals surface area contributed by atoms with Gasteiger partial charge in [-0.05, 0) is 42.2 Å². The van der Waals surface area contributed by atoms with Gasteiger partial charge in [0.05, 0.1) is 0 Å². The van der Waals surface area contributed by atoms with E-state index in [1.807, 2.05) is 0 Å². The molecule has 1 N–H and O–H groups in total. The van der Waals surface area contributed by atoms with Crippen molar-refractivity contribution in [2.24, 2.45) is 5.92 Å². The molecule has 14 heavy (non-hydrogen) atoms.